The van der Waals surface area contributed by atoms with E-state index in [9.17, 15) is 9.59 Å². The molecule has 1 heterocycles. The Bertz CT molecular complexity index is 301. The first-order chi connectivity index (χ1) is 9.00. The minimum atomic E-state index is -0.745. The number of piperidine rings is 1. The van der Waals surface area contributed by atoms with Crippen molar-refractivity contribution in [3.8, 4) is 0 Å². The lowest BCUT2D eigenvalue weighted by Gasteiger charge is -2.24. The van der Waals surface area contributed by atoms with E-state index in [1.165, 1.54) is 0 Å². The molecule has 0 bridgehead atoms. The fourth-order valence-electron chi connectivity index (χ4n) is 2.36. The number of amides is 1. The molecule has 1 amide bonds. The molecule has 0 aliphatic carbocycles. The molecule has 3 atom stereocenters. The Balaban J connectivity index is 2.17. The van der Waals surface area contributed by atoms with E-state index >= 15 is 0 Å². The largest absolute Gasteiger partial charge is 0.481 e. The fourth-order valence-corrected chi connectivity index (χ4v) is 2.36. The van der Waals surface area contributed by atoms with Crippen molar-refractivity contribution in [3.05, 3.63) is 0 Å². The summed E-state index contributed by atoms with van der Waals surface area (Å²) in [6.45, 7) is 5.49. The van der Waals surface area contributed by atoms with Crippen LogP contribution in [0.5, 0.6) is 0 Å². The van der Waals surface area contributed by atoms with Gasteiger partial charge in [0.2, 0.25) is 5.91 Å². The summed E-state index contributed by atoms with van der Waals surface area (Å²) in [7, 11) is 0. The lowest BCUT2D eigenvalue weighted by atomic mass is 9.97. The van der Waals surface area contributed by atoms with E-state index < -0.39 is 5.97 Å². The summed E-state index contributed by atoms with van der Waals surface area (Å²) in [5.41, 5.74) is 0. The van der Waals surface area contributed by atoms with E-state index in [0.717, 1.165) is 38.8 Å². The van der Waals surface area contributed by atoms with Crippen molar-refractivity contribution in [2.24, 2.45) is 11.8 Å². The van der Waals surface area contributed by atoms with E-state index in [2.05, 4.69) is 10.6 Å². The van der Waals surface area contributed by atoms with Gasteiger partial charge in [-0.15, -0.1) is 0 Å². The van der Waals surface area contributed by atoms with Crippen LogP contribution in [0.4, 0.5) is 0 Å². The Hall–Kier alpha value is -1.10. The summed E-state index contributed by atoms with van der Waals surface area (Å²) in [5, 5.41) is 15.0. The van der Waals surface area contributed by atoms with Gasteiger partial charge in [-0.25, -0.2) is 0 Å². The van der Waals surface area contributed by atoms with Crippen molar-refractivity contribution < 1.29 is 14.7 Å². The highest BCUT2D eigenvalue weighted by molar-refractivity contribution is 5.79. The Morgan fingerprint density at radius 1 is 1.37 bits per heavy atom. The number of aliphatic carboxylic acids is 1. The van der Waals surface area contributed by atoms with E-state index in [-0.39, 0.29) is 23.8 Å². The molecule has 1 aliphatic rings. The van der Waals surface area contributed by atoms with Gasteiger partial charge in [0.15, 0.2) is 0 Å². The average Bonchev–Trinajstić information content (AvgIpc) is 2.39. The summed E-state index contributed by atoms with van der Waals surface area (Å²) in [4.78, 5) is 22.7. The van der Waals surface area contributed by atoms with Crippen molar-refractivity contribution in [1.82, 2.24) is 10.6 Å². The fraction of sp³-hybridized carbons (Fsp3) is 0.857. The second-order valence-corrected chi connectivity index (χ2v) is 5.62. The first-order valence-corrected chi connectivity index (χ1v) is 7.24. The Labute approximate surface area is 115 Å². The zero-order valence-corrected chi connectivity index (χ0v) is 11.9. The molecule has 0 spiro atoms. The Morgan fingerprint density at radius 3 is 2.68 bits per heavy atom. The van der Waals surface area contributed by atoms with Gasteiger partial charge in [-0.05, 0) is 39.2 Å². The van der Waals surface area contributed by atoms with Crippen LogP contribution in [0.3, 0.4) is 0 Å². The van der Waals surface area contributed by atoms with Gasteiger partial charge in [0.05, 0.1) is 11.8 Å². The van der Waals surface area contributed by atoms with Crippen LogP contribution in [-0.2, 0) is 9.59 Å². The summed E-state index contributed by atoms with van der Waals surface area (Å²) < 4.78 is 0. The molecule has 3 N–H and O–H groups in total. The highest BCUT2D eigenvalue weighted by Gasteiger charge is 2.21. The van der Waals surface area contributed by atoms with Crippen molar-refractivity contribution in [2.45, 2.75) is 52.0 Å². The number of carboxylic acid groups (broad SMARTS) is 1. The first kappa shape index (κ1) is 16.0. The zero-order chi connectivity index (χ0) is 14.3. The normalized spacial score (nSPS) is 22.5. The van der Waals surface area contributed by atoms with Crippen LogP contribution in [0.25, 0.3) is 0 Å². The molecule has 3 unspecified atom stereocenters. The summed E-state index contributed by atoms with van der Waals surface area (Å²) in [6.07, 6.45) is 4.35. The molecule has 0 aromatic heterocycles. The molecule has 0 radical (unpaired) electrons. The van der Waals surface area contributed by atoms with Crippen molar-refractivity contribution >= 4 is 11.9 Å². The van der Waals surface area contributed by atoms with Gasteiger partial charge in [-0.1, -0.05) is 13.3 Å². The molecule has 1 saturated heterocycles. The summed E-state index contributed by atoms with van der Waals surface area (Å²) >= 11 is 0. The van der Waals surface area contributed by atoms with Crippen LogP contribution in [0.2, 0.25) is 0 Å². The lowest BCUT2D eigenvalue weighted by Crippen LogP contribution is -2.43. The SMILES string of the molecule is CC(CCCC(C)C(=O)O)NC(=O)C1CCCNC1. The van der Waals surface area contributed by atoms with Crippen LogP contribution in [0.1, 0.15) is 46.0 Å². The third kappa shape index (κ3) is 6.05. The minimum absolute atomic E-state index is 0.0918. The predicted octanol–water partition coefficient (Wildman–Crippen LogP) is 1.38. The number of nitrogens with one attached hydrogen (secondary N) is 2. The molecule has 110 valence electrons. The topological polar surface area (TPSA) is 78.4 Å². The molecule has 1 fully saturated rings. The zero-order valence-electron chi connectivity index (χ0n) is 11.9. The standard InChI is InChI=1S/C14H26N2O3/c1-10(14(18)19)5-3-6-11(2)16-13(17)12-7-4-8-15-9-12/h10-12,15H,3-9H2,1-2H3,(H,16,17)(H,18,19). The first-order valence-electron chi connectivity index (χ1n) is 7.24. The molecule has 0 aromatic carbocycles. The van der Waals surface area contributed by atoms with Gasteiger partial charge >= 0.3 is 5.97 Å². The number of hydrogen-bond acceptors (Lipinski definition) is 3. The second kappa shape index (κ2) is 8.15. The number of carbonyl (C=O) groups is 2. The molecule has 5 nitrogen and oxygen atoms in total. The van der Waals surface area contributed by atoms with Crippen molar-refractivity contribution in [1.29, 1.82) is 0 Å². The van der Waals surface area contributed by atoms with Gasteiger partial charge in [0, 0.05) is 12.6 Å². The highest BCUT2D eigenvalue weighted by atomic mass is 16.4. The third-order valence-corrected chi connectivity index (χ3v) is 3.75. The Morgan fingerprint density at radius 2 is 2.11 bits per heavy atom. The van der Waals surface area contributed by atoms with Crippen molar-refractivity contribution in [3.63, 3.8) is 0 Å². The van der Waals surface area contributed by atoms with Crippen LogP contribution in [0.15, 0.2) is 0 Å². The van der Waals surface area contributed by atoms with Gasteiger partial charge in [0.1, 0.15) is 0 Å². The predicted molar refractivity (Wildman–Crippen MR) is 73.8 cm³/mol. The van der Waals surface area contributed by atoms with Gasteiger partial charge in [-0.3, -0.25) is 9.59 Å². The third-order valence-electron chi connectivity index (χ3n) is 3.75. The molecule has 1 aliphatic heterocycles. The van der Waals surface area contributed by atoms with Gasteiger partial charge in [-0.2, -0.15) is 0 Å². The maximum Gasteiger partial charge on any atom is 0.306 e. The van der Waals surface area contributed by atoms with Crippen LogP contribution < -0.4 is 10.6 Å². The van der Waals surface area contributed by atoms with E-state index in [1.807, 2.05) is 6.92 Å². The Kier molecular flexibility index (Phi) is 6.84. The van der Waals surface area contributed by atoms with E-state index in [4.69, 9.17) is 5.11 Å². The number of rotatable bonds is 7. The summed E-state index contributed by atoms with van der Waals surface area (Å²) in [5.74, 6) is -0.824. The van der Waals surface area contributed by atoms with Crippen LogP contribution in [0, 0.1) is 11.8 Å². The van der Waals surface area contributed by atoms with Crippen LogP contribution >= 0.6 is 0 Å². The molecule has 0 aromatic rings. The van der Waals surface area contributed by atoms with Gasteiger partial charge in [0.25, 0.3) is 0 Å². The highest BCUT2D eigenvalue weighted by Crippen LogP contribution is 2.12. The number of hydrogen-bond donors (Lipinski definition) is 3. The van der Waals surface area contributed by atoms with E-state index in [0.29, 0.717) is 6.42 Å². The molecule has 5 heteroatoms. The van der Waals surface area contributed by atoms with Gasteiger partial charge < -0.3 is 15.7 Å². The molecule has 1 rings (SSSR count). The number of carbonyl (C=O) groups excluding carboxylic acids is 1. The maximum atomic E-state index is 12.0. The second-order valence-electron chi connectivity index (χ2n) is 5.62. The van der Waals surface area contributed by atoms with E-state index in [1.54, 1.807) is 6.92 Å². The quantitative estimate of drug-likeness (QED) is 0.653. The average molecular weight is 270 g/mol. The minimum Gasteiger partial charge on any atom is -0.481 e. The van der Waals surface area contributed by atoms with Crippen LogP contribution in [-0.4, -0.2) is 36.1 Å². The smallest absolute Gasteiger partial charge is 0.306 e. The lowest BCUT2D eigenvalue weighted by molar-refractivity contribution is -0.141. The number of carboxylic acids is 1. The molecule has 0 saturated carbocycles. The van der Waals surface area contributed by atoms with Crippen molar-refractivity contribution in [2.75, 3.05) is 13.1 Å². The summed E-state index contributed by atoms with van der Waals surface area (Å²) in [6, 6.07) is 0.121. The molecule has 19 heavy (non-hydrogen) atoms. The monoisotopic (exact) mass is 270 g/mol. The molecular weight excluding hydrogens is 244 g/mol. The molecular formula is C14H26N2O3. The maximum absolute atomic E-state index is 12.0.